The van der Waals surface area contributed by atoms with Gasteiger partial charge in [-0.15, -0.1) is 0 Å². The molecule has 2 aromatic carbocycles. The smallest absolute Gasteiger partial charge is 0.338 e. The lowest BCUT2D eigenvalue weighted by molar-refractivity contribution is -0.139. The molecule has 0 saturated heterocycles. The zero-order valence-electron chi connectivity index (χ0n) is 24.6. The van der Waals surface area contributed by atoms with Gasteiger partial charge in [0.15, 0.2) is 29.6 Å². The summed E-state index contributed by atoms with van der Waals surface area (Å²) in [7, 11) is 1.45. The molecule has 2 aromatic rings. The van der Waals surface area contributed by atoms with Crippen LogP contribution in [0.4, 0.5) is 4.79 Å². The lowest BCUT2D eigenvalue weighted by atomic mass is 9.95. The van der Waals surface area contributed by atoms with Crippen molar-refractivity contribution in [3.63, 3.8) is 0 Å². The Labute approximate surface area is 245 Å². The maximum atomic E-state index is 12.6. The number of unbranched alkanes of at least 4 members (excludes halogenated alkanes) is 1. The van der Waals surface area contributed by atoms with Crippen LogP contribution >= 0.6 is 0 Å². The van der Waals surface area contributed by atoms with E-state index in [2.05, 4.69) is 28.1 Å². The quantitative estimate of drug-likeness (QED) is 0.124. The molecule has 0 spiro atoms. The van der Waals surface area contributed by atoms with Crippen LogP contribution in [0.15, 0.2) is 52.8 Å². The molecular formula is C30H38N4O8. The molecule has 12 heteroatoms. The van der Waals surface area contributed by atoms with Crippen LogP contribution in [0.5, 0.6) is 23.0 Å². The number of hydrazone groups is 1. The minimum Gasteiger partial charge on any atom is -0.493 e. The maximum absolute atomic E-state index is 12.6. The molecule has 42 heavy (non-hydrogen) atoms. The first-order valence-electron chi connectivity index (χ1n) is 13.8. The van der Waals surface area contributed by atoms with Gasteiger partial charge >= 0.3 is 12.0 Å². The predicted molar refractivity (Wildman–Crippen MR) is 156 cm³/mol. The van der Waals surface area contributed by atoms with E-state index < -0.39 is 23.9 Å². The van der Waals surface area contributed by atoms with E-state index in [0.29, 0.717) is 47.5 Å². The molecule has 3 N–H and O–H groups in total. The lowest BCUT2D eigenvalue weighted by Gasteiger charge is -2.28. The monoisotopic (exact) mass is 582 g/mol. The molecule has 0 radical (unpaired) electrons. The molecule has 0 bridgehead atoms. The molecular weight excluding hydrogens is 544 g/mol. The number of nitrogens with one attached hydrogen (secondary N) is 3. The number of nitrogens with zero attached hydrogens (tertiary/aromatic N) is 1. The molecule has 0 fully saturated rings. The van der Waals surface area contributed by atoms with Crippen molar-refractivity contribution in [1.82, 2.24) is 16.1 Å². The number of urea groups is 1. The molecule has 3 rings (SSSR count). The highest BCUT2D eigenvalue weighted by Gasteiger charge is 2.32. The summed E-state index contributed by atoms with van der Waals surface area (Å²) in [4.78, 5) is 37.1. The topological polar surface area (TPSA) is 146 Å². The first kappa shape index (κ1) is 31.8. The Morgan fingerprint density at radius 1 is 0.976 bits per heavy atom. The Kier molecular flexibility index (Phi) is 12.0. The van der Waals surface area contributed by atoms with Crippen LogP contribution in [0, 0.1) is 0 Å². The number of carbonyl (C=O) groups excluding carboxylic acids is 3. The second kappa shape index (κ2) is 15.9. The lowest BCUT2D eigenvalue weighted by Crippen LogP contribution is -2.45. The van der Waals surface area contributed by atoms with E-state index in [1.165, 1.54) is 13.3 Å². The van der Waals surface area contributed by atoms with Crippen molar-refractivity contribution in [2.75, 3.05) is 33.5 Å². The molecule has 1 aliphatic rings. The van der Waals surface area contributed by atoms with Crippen molar-refractivity contribution in [1.29, 1.82) is 0 Å². The maximum Gasteiger partial charge on any atom is 0.338 e. The fourth-order valence-corrected chi connectivity index (χ4v) is 4.08. The highest BCUT2D eigenvalue weighted by molar-refractivity contribution is 5.95. The van der Waals surface area contributed by atoms with Gasteiger partial charge in [-0.3, -0.25) is 4.79 Å². The number of ether oxygens (including phenoxy) is 5. The molecule has 3 amide bonds. The number of methoxy groups -OCH3 is 1. The summed E-state index contributed by atoms with van der Waals surface area (Å²) >= 11 is 0. The van der Waals surface area contributed by atoms with Gasteiger partial charge in [-0.25, -0.2) is 15.0 Å². The van der Waals surface area contributed by atoms with Crippen molar-refractivity contribution in [2.45, 2.75) is 46.6 Å². The van der Waals surface area contributed by atoms with E-state index in [9.17, 15) is 14.4 Å². The van der Waals surface area contributed by atoms with Crippen molar-refractivity contribution >= 4 is 24.1 Å². The van der Waals surface area contributed by atoms with E-state index in [1.807, 2.05) is 19.1 Å². The Morgan fingerprint density at radius 2 is 1.74 bits per heavy atom. The Hall–Kier alpha value is -4.74. The summed E-state index contributed by atoms with van der Waals surface area (Å²) in [6, 6.07) is 9.09. The van der Waals surface area contributed by atoms with E-state index in [1.54, 1.807) is 38.1 Å². The van der Waals surface area contributed by atoms with Crippen molar-refractivity contribution < 1.29 is 38.1 Å². The first-order valence-corrected chi connectivity index (χ1v) is 13.8. The molecule has 1 heterocycles. The van der Waals surface area contributed by atoms with Gasteiger partial charge in [-0.1, -0.05) is 19.4 Å². The molecule has 0 aromatic heterocycles. The Balaban J connectivity index is 1.63. The number of esters is 1. The van der Waals surface area contributed by atoms with Gasteiger partial charge in [0, 0.05) is 5.70 Å². The minimum absolute atomic E-state index is 0.188. The van der Waals surface area contributed by atoms with Gasteiger partial charge in [0.05, 0.1) is 44.8 Å². The number of carbonyl (C=O) groups is 3. The number of hydrogen-bond acceptors (Lipinski definition) is 9. The Morgan fingerprint density at radius 3 is 2.45 bits per heavy atom. The van der Waals surface area contributed by atoms with Gasteiger partial charge < -0.3 is 34.3 Å². The van der Waals surface area contributed by atoms with E-state index in [4.69, 9.17) is 23.7 Å². The number of allylic oxidation sites excluding steroid dienone is 1. The normalized spacial score (nSPS) is 14.6. The molecule has 0 aliphatic carbocycles. The highest BCUT2D eigenvalue weighted by Crippen LogP contribution is 2.34. The van der Waals surface area contributed by atoms with Crippen molar-refractivity contribution in [3.05, 3.63) is 58.8 Å². The molecule has 0 saturated carbocycles. The summed E-state index contributed by atoms with van der Waals surface area (Å²) < 4.78 is 27.7. The molecule has 12 nitrogen and oxygen atoms in total. The van der Waals surface area contributed by atoms with Crippen LogP contribution < -0.4 is 35.0 Å². The first-order chi connectivity index (χ1) is 20.3. The summed E-state index contributed by atoms with van der Waals surface area (Å²) in [5, 5.41) is 9.33. The summed E-state index contributed by atoms with van der Waals surface area (Å²) in [5.41, 5.74) is 4.38. The van der Waals surface area contributed by atoms with Crippen LogP contribution in [0.3, 0.4) is 0 Å². The third-order valence-corrected chi connectivity index (χ3v) is 6.07. The summed E-state index contributed by atoms with van der Waals surface area (Å²) in [6.07, 6.45) is 3.47. The zero-order chi connectivity index (χ0) is 30.5. The predicted octanol–water partition coefficient (Wildman–Crippen LogP) is 3.99. The second-order valence-electron chi connectivity index (χ2n) is 9.12. The van der Waals surface area contributed by atoms with Crippen LogP contribution in [0.1, 0.15) is 57.7 Å². The fraction of sp³-hybridized carbons (Fsp3) is 0.400. The number of hydrogen-bond donors (Lipinski definition) is 3. The highest BCUT2D eigenvalue weighted by atomic mass is 16.5. The van der Waals surface area contributed by atoms with Crippen molar-refractivity contribution in [3.8, 4) is 23.0 Å². The molecule has 1 atom stereocenters. The van der Waals surface area contributed by atoms with Crippen LogP contribution in [0.2, 0.25) is 0 Å². The van der Waals surface area contributed by atoms with E-state index >= 15 is 0 Å². The van der Waals surface area contributed by atoms with Gasteiger partial charge in [-0.2, -0.15) is 5.10 Å². The van der Waals surface area contributed by atoms with Crippen LogP contribution in [-0.4, -0.2) is 57.7 Å². The largest absolute Gasteiger partial charge is 0.493 e. The second-order valence-corrected chi connectivity index (χ2v) is 9.12. The zero-order valence-corrected chi connectivity index (χ0v) is 24.6. The van der Waals surface area contributed by atoms with E-state index in [0.717, 1.165) is 18.4 Å². The van der Waals surface area contributed by atoms with E-state index in [-0.39, 0.29) is 18.8 Å². The molecule has 226 valence electrons. The Bertz CT molecular complexity index is 1320. The van der Waals surface area contributed by atoms with Gasteiger partial charge in [0.2, 0.25) is 0 Å². The number of amides is 3. The van der Waals surface area contributed by atoms with Gasteiger partial charge in [0.25, 0.3) is 5.91 Å². The SMILES string of the molecule is CCCCOc1ccc(/C=N\NC(=O)COc2ccc([C@@H]3NC(=O)NC(C)=C3C(=O)OCC)cc2OC)cc1OCC. The third kappa shape index (κ3) is 8.63. The molecule has 1 aliphatic heterocycles. The number of rotatable bonds is 15. The van der Waals surface area contributed by atoms with Gasteiger partial charge in [-0.05, 0) is 68.7 Å². The standard InChI is InChI=1S/C30H38N4O8/c1-6-9-14-41-23-12-10-20(15-25(23)39-7-2)17-31-34-26(35)18-42-22-13-11-21(16-24(22)38-5)28-27(29(36)40-8-3)19(4)32-30(37)33-28/h10-13,15-17,28H,6-9,14,18H2,1-5H3,(H,34,35)(H2,32,33,37)/b31-17-/t28-/m0/s1. The van der Waals surface area contributed by atoms with Crippen LogP contribution in [-0.2, 0) is 14.3 Å². The number of benzene rings is 2. The minimum atomic E-state index is -0.765. The molecule has 0 unspecified atom stereocenters. The summed E-state index contributed by atoms with van der Waals surface area (Å²) in [5.74, 6) is 0.823. The van der Waals surface area contributed by atoms with Gasteiger partial charge in [0.1, 0.15) is 0 Å². The van der Waals surface area contributed by atoms with Crippen LogP contribution in [0.25, 0.3) is 0 Å². The average molecular weight is 583 g/mol. The summed E-state index contributed by atoms with van der Waals surface area (Å²) in [6.45, 7) is 8.26. The average Bonchev–Trinajstić information content (AvgIpc) is 2.97. The third-order valence-electron chi connectivity index (χ3n) is 6.07. The van der Waals surface area contributed by atoms with Crippen molar-refractivity contribution in [2.24, 2.45) is 5.10 Å². The fourth-order valence-electron chi connectivity index (χ4n) is 4.08.